The molecule has 0 amide bonds. The number of fused-ring (bicyclic) bond motifs is 5. The standard InChI is InChI=1S/C23H36O5/c1-21-7-5-18-19(3-2-15-11-16(25)4-8-22(15,18)13-24)23(21,27)9-6-17(21)14-10-20(26)28-12-14/h14-19,24-25,27H,2-13H2,1H3/t14-,15?,16?,17+,18-,19+,21+,22+,23-/m0/s1. The summed E-state index contributed by atoms with van der Waals surface area (Å²) in [6, 6.07) is 0. The number of esters is 1. The van der Waals surface area contributed by atoms with Gasteiger partial charge in [-0.05, 0) is 92.3 Å². The van der Waals surface area contributed by atoms with E-state index in [1.807, 2.05) is 0 Å². The van der Waals surface area contributed by atoms with Gasteiger partial charge >= 0.3 is 5.97 Å². The van der Waals surface area contributed by atoms with E-state index in [2.05, 4.69) is 6.92 Å². The van der Waals surface area contributed by atoms with Crippen LogP contribution in [0.25, 0.3) is 0 Å². The maximum Gasteiger partial charge on any atom is 0.306 e. The van der Waals surface area contributed by atoms with Crippen LogP contribution in [0, 0.1) is 40.4 Å². The van der Waals surface area contributed by atoms with Gasteiger partial charge in [0.25, 0.3) is 0 Å². The summed E-state index contributed by atoms with van der Waals surface area (Å²) in [5.41, 5.74) is -0.983. The highest BCUT2D eigenvalue weighted by Gasteiger charge is 2.68. The smallest absolute Gasteiger partial charge is 0.306 e. The zero-order valence-electron chi connectivity index (χ0n) is 17.1. The fraction of sp³-hybridized carbons (Fsp3) is 0.957. The van der Waals surface area contributed by atoms with Crippen molar-refractivity contribution in [1.29, 1.82) is 0 Å². The molecule has 28 heavy (non-hydrogen) atoms. The Balaban J connectivity index is 1.46. The van der Waals surface area contributed by atoms with Crippen molar-refractivity contribution < 1.29 is 24.9 Å². The van der Waals surface area contributed by atoms with Crippen LogP contribution in [0.5, 0.6) is 0 Å². The number of hydrogen-bond acceptors (Lipinski definition) is 5. The second-order valence-electron chi connectivity index (χ2n) is 11.0. The van der Waals surface area contributed by atoms with E-state index in [1.54, 1.807) is 0 Å². The number of aliphatic hydroxyl groups excluding tert-OH is 2. The summed E-state index contributed by atoms with van der Waals surface area (Å²) < 4.78 is 5.28. The van der Waals surface area contributed by atoms with Crippen LogP contribution in [0.15, 0.2) is 0 Å². The molecule has 5 fully saturated rings. The van der Waals surface area contributed by atoms with E-state index in [0.717, 1.165) is 57.8 Å². The second kappa shape index (κ2) is 6.42. The summed E-state index contributed by atoms with van der Waals surface area (Å²) in [6.45, 7) is 2.97. The van der Waals surface area contributed by atoms with E-state index in [4.69, 9.17) is 4.74 Å². The Hall–Kier alpha value is -0.650. The molecule has 3 N–H and O–H groups in total. The predicted octanol–water partition coefficient (Wildman–Crippen LogP) is 2.66. The lowest BCUT2D eigenvalue weighted by molar-refractivity contribution is -0.223. The largest absolute Gasteiger partial charge is 0.465 e. The van der Waals surface area contributed by atoms with E-state index >= 15 is 0 Å². The normalized spacial score (nSPS) is 55.9. The third kappa shape index (κ3) is 2.39. The third-order valence-corrected chi connectivity index (χ3v) is 10.3. The molecule has 0 aromatic rings. The zero-order chi connectivity index (χ0) is 19.7. The number of ether oxygens (including phenoxy) is 1. The highest BCUT2D eigenvalue weighted by molar-refractivity contribution is 5.71. The van der Waals surface area contributed by atoms with Crippen LogP contribution in [0.2, 0.25) is 0 Å². The first-order chi connectivity index (χ1) is 13.3. The Morgan fingerprint density at radius 3 is 2.54 bits per heavy atom. The van der Waals surface area contributed by atoms with E-state index < -0.39 is 5.60 Å². The molecule has 0 radical (unpaired) electrons. The molecule has 5 nitrogen and oxygen atoms in total. The van der Waals surface area contributed by atoms with Gasteiger partial charge in [-0.2, -0.15) is 0 Å². The lowest BCUT2D eigenvalue weighted by Crippen LogP contribution is -2.64. The molecule has 1 saturated heterocycles. The number of hydrogen-bond donors (Lipinski definition) is 3. The Morgan fingerprint density at radius 1 is 1.04 bits per heavy atom. The van der Waals surface area contributed by atoms with Gasteiger partial charge in [0.2, 0.25) is 0 Å². The minimum absolute atomic E-state index is 0.0850. The van der Waals surface area contributed by atoms with Crippen LogP contribution < -0.4 is 0 Å². The number of carbonyl (C=O) groups excluding carboxylic acids is 1. The minimum atomic E-state index is -0.699. The van der Waals surface area contributed by atoms with E-state index in [1.165, 1.54) is 0 Å². The summed E-state index contributed by atoms with van der Waals surface area (Å²) >= 11 is 0. The fourth-order valence-corrected chi connectivity index (χ4v) is 8.90. The van der Waals surface area contributed by atoms with Crippen LogP contribution >= 0.6 is 0 Å². The van der Waals surface area contributed by atoms with Crippen molar-refractivity contribution >= 4 is 5.97 Å². The zero-order valence-corrected chi connectivity index (χ0v) is 17.1. The SMILES string of the molecule is C[C@]12CC[C@H]3[C@@H](CCC4CC(O)CC[C@@]43CO)[C@@]1(O)CC[C@@H]2[C@@H]1COC(=O)C1. The average Bonchev–Trinajstić information content (AvgIpc) is 3.22. The molecular weight excluding hydrogens is 356 g/mol. The predicted molar refractivity (Wildman–Crippen MR) is 103 cm³/mol. The maximum atomic E-state index is 12.2. The molecule has 5 aliphatic rings. The summed E-state index contributed by atoms with van der Waals surface area (Å²) in [5.74, 6) is 1.47. The molecule has 5 rings (SSSR count). The molecular formula is C23H36O5. The molecule has 4 aliphatic carbocycles. The van der Waals surface area contributed by atoms with Gasteiger partial charge in [0.1, 0.15) is 0 Å². The second-order valence-corrected chi connectivity index (χ2v) is 11.0. The fourth-order valence-electron chi connectivity index (χ4n) is 8.90. The molecule has 4 saturated carbocycles. The van der Waals surface area contributed by atoms with Crippen molar-refractivity contribution in [2.75, 3.05) is 13.2 Å². The third-order valence-electron chi connectivity index (χ3n) is 10.3. The topological polar surface area (TPSA) is 87.0 Å². The van der Waals surface area contributed by atoms with Gasteiger partial charge in [-0.25, -0.2) is 0 Å². The van der Waals surface area contributed by atoms with Crippen LogP contribution in [-0.4, -0.2) is 46.2 Å². The summed E-state index contributed by atoms with van der Waals surface area (Å²) in [6.07, 6.45) is 8.57. The molecule has 158 valence electrons. The summed E-state index contributed by atoms with van der Waals surface area (Å²) in [5, 5.41) is 32.9. The van der Waals surface area contributed by atoms with Gasteiger partial charge in [0.05, 0.1) is 24.7 Å². The van der Waals surface area contributed by atoms with Crippen molar-refractivity contribution in [2.24, 2.45) is 40.4 Å². The van der Waals surface area contributed by atoms with Gasteiger partial charge in [-0.1, -0.05) is 6.92 Å². The van der Waals surface area contributed by atoms with Crippen LogP contribution in [0.3, 0.4) is 0 Å². The van der Waals surface area contributed by atoms with Crippen molar-refractivity contribution in [1.82, 2.24) is 0 Å². The van der Waals surface area contributed by atoms with Gasteiger partial charge in [-0.3, -0.25) is 4.79 Å². The van der Waals surface area contributed by atoms with Gasteiger partial charge < -0.3 is 20.1 Å². The number of aliphatic hydroxyl groups is 3. The van der Waals surface area contributed by atoms with E-state index in [0.29, 0.717) is 30.8 Å². The molecule has 5 heteroatoms. The number of cyclic esters (lactones) is 1. The van der Waals surface area contributed by atoms with Crippen LogP contribution in [0.1, 0.15) is 71.1 Å². The van der Waals surface area contributed by atoms with Crippen molar-refractivity contribution in [2.45, 2.75) is 82.8 Å². The Kier molecular flexibility index (Phi) is 4.43. The van der Waals surface area contributed by atoms with Crippen molar-refractivity contribution in [3.05, 3.63) is 0 Å². The quantitative estimate of drug-likeness (QED) is 0.629. The lowest BCUT2D eigenvalue weighted by Gasteiger charge is -2.64. The van der Waals surface area contributed by atoms with Crippen LogP contribution in [0.4, 0.5) is 0 Å². The summed E-state index contributed by atoms with van der Waals surface area (Å²) in [4.78, 5) is 11.7. The Bertz CT molecular complexity index is 651. The molecule has 0 bridgehead atoms. The average molecular weight is 393 g/mol. The molecule has 2 unspecified atom stereocenters. The van der Waals surface area contributed by atoms with E-state index in [-0.39, 0.29) is 41.3 Å². The molecule has 9 atom stereocenters. The Labute approximate surface area is 167 Å². The highest BCUT2D eigenvalue weighted by atomic mass is 16.5. The lowest BCUT2D eigenvalue weighted by atomic mass is 9.42. The summed E-state index contributed by atoms with van der Waals surface area (Å²) in [7, 11) is 0. The monoisotopic (exact) mass is 392 g/mol. The van der Waals surface area contributed by atoms with Gasteiger partial charge in [-0.15, -0.1) is 0 Å². The number of rotatable bonds is 2. The minimum Gasteiger partial charge on any atom is -0.465 e. The van der Waals surface area contributed by atoms with Gasteiger partial charge in [0, 0.05) is 12.5 Å². The Morgan fingerprint density at radius 2 is 1.82 bits per heavy atom. The molecule has 0 aromatic carbocycles. The van der Waals surface area contributed by atoms with E-state index in [9.17, 15) is 20.1 Å². The first-order valence-corrected chi connectivity index (χ1v) is 11.5. The van der Waals surface area contributed by atoms with Gasteiger partial charge in [0.15, 0.2) is 0 Å². The molecule has 0 aromatic heterocycles. The van der Waals surface area contributed by atoms with Crippen LogP contribution in [-0.2, 0) is 9.53 Å². The highest BCUT2D eigenvalue weighted by Crippen LogP contribution is 2.70. The molecule has 0 spiro atoms. The van der Waals surface area contributed by atoms with Crippen molar-refractivity contribution in [3.63, 3.8) is 0 Å². The number of carbonyl (C=O) groups is 1. The maximum absolute atomic E-state index is 12.2. The first-order valence-electron chi connectivity index (χ1n) is 11.5. The van der Waals surface area contributed by atoms with Crippen molar-refractivity contribution in [3.8, 4) is 0 Å². The molecule has 1 heterocycles. The first kappa shape index (κ1) is 19.3. The molecule has 1 aliphatic heterocycles.